The monoisotopic (exact) mass is 305 g/mol. The van der Waals surface area contributed by atoms with Crippen molar-refractivity contribution in [3.05, 3.63) is 18.0 Å². The summed E-state index contributed by atoms with van der Waals surface area (Å²) in [4.78, 5) is 14.8. The first-order valence-electron chi connectivity index (χ1n) is 8.62. The van der Waals surface area contributed by atoms with Crippen LogP contribution in [0.2, 0.25) is 0 Å². The lowest BCUT2D eigenvalue weighted by molar-refractivity contribution is 0.0209. The van der Waals surface area contributed by atoms with E-state index in [0.717, 1.165) is 38.6 Å². The molecule has 1 aliphatic heterocycles. The molecule has 3 rings (SSSR count). The van der Waals surface area contributed by atoms with Crippen molar-refractivity contribution in [2.24, 2.45) is 5.92 Å². The highest BCUT2D eigenvalue weighted by Gasteiger charge is 2.39. The Morgan fingerprint density at radius 3 is 2.73 bits per heavy atom. The molecule has 1 aliphatic carbocycles. The van der Waals surface area contributed by atoms with Gasteiger partial charge in [0.05, 0.1) is 6.10 Å². The van der Waals surface area contributed by atoms with Crippen molar-refractivity contribution in [1.29, 1.82) is 0 Å². The van der Waals surface area contributed by atoms with Gasteiger partial charge < -0.3 is 10.0 Å². The molecule has 3 atom stereocenters. The summed E-state index contributed by atoms with van der Waals surface area (Å²) in [5, 5.41) is 14.7. The van der Waals surface area contributed by atoms with E-state index in [1.54, 1.807) is 0 Å². The van der Waals surface area contributed by atoms with Gasteiger partial charge >= 0.3 is 0 Å². The predicted octanol–water partition coefficient (Wildman–Crippen LogP) is 2.62. The van der Waals surface area contributed by atoms with E-state index >= 15 is 0 Å². The van der Waals surface area contributed by atoms with Crippen LogP contribution in [0.5, 0.6) is 0 Å². The van der Waals surface area contributed by atoms with Crippen molar-refractivity contribution in [3.8, 4) is 0 Å². The SMILES string of the molecule is CC(C)n1ccc(C(=O)N2CCCC2C2CCCCC2O)n1. The lowest BCUT2D eigenvalue weighted by Crippen LogP contribution is -2.45. The maximum atomic E-state index is 12.8. The lowest BCUT2D eigenvalue weighted by Gasteiger charge is -2.37. The number of aliphatic hydroxyl groups is 1. The van der Waals surface area contributed by atoms with Crippen molar-refractivity contribution in [3.63, 3.8) is 0 Å². The fourth-order valence-corrected chi connectivity index (χ4v) is 3.97. The second-order valence-corrected chi connectivity index (χ2v) is 7.00. The van der Waals surface area contributed by atoms with Gasteiger partial charge in [0, 0.05) is 30.7 Å². The molecule has 1 aromatic heterocycles. The van der Waals surface area contributed by atoms with Gasteiger partial charge in [-0.1, -0.05) is 12.8 Å². The van der Waals surface area contributed by atoms with Crippen molar-refractivity contribution in [2.45, 2.75) is 70.6 Å². The van der Waals surface area contributed by atoms with Gasteiger partial charge in [-0.25, -0.2) is 0 Å². The summed E-state index contributed by atoms with van der Waals surface area (Å²) >= 11 is 0. The first-order chi connectivity index (χ1) is 10.6. The highest BCUT2D eigenvalue weighted by molar-refractivity contribution is 5.92. The van der Waals surface area contributed by atoms with Gasteiger partial charge in [-0.2, -0.15) is 5.10 Å². The zero-order valence-electron chi connectivity index (χ0n) is 13.6. The van der Waals surface area contributed by atoms with Crippen LogP contribution >= 0.6 is 0 Å². The predicted molar refractivity (Wildman–Crippen MR) is 84.6 cm³/mol. The zero-order valence-corrected chi connectivity index (χ0v) is 13.6. The molecular formula is C17H27N3O2. The number of nitrogens with zero attached hydrogens (tertiary/aromatic N) is 3. The fraction of sp³-hybridized carbons (Fsp3) is 0.765. The lowest BCUT2D eigenvalue weighted by atomic mass is 9.80. The molecule has 1 N–H and O–H groups in total. The minimum Gasteiger partial charge on any atom is -0.393 e. The standard InChI is InChI=1S/C17H27N3O2/c1-12(2)20-11-9-14(18-20)17(22)19-10-5-7-15(19)13-6-3-4-8-16(13)21/h9,11-13,15-16,21H,3-8,10H2,1-2H3. The third kappa shape index (κ3) is 2.91. The fourth-order valence-electron chi connectivity index (χ4n) is 3.97. The van der Waals surface area contributed by atoms with Crippen LogP contribution in [0.3, 0.4) is 0 Å². The molecule has 5 nitrogen and oxygen atoms in total. The van der Waals surface area contributed by atoms with E-state index in [0.29, 0.717) is 5.69 Å². The zero-order chi connectivity index (χ0) is 15.7. The average molecular weight is 305 g/mol. The van der Waals surface area contributed by atoms with E-state index in [9.17, 15) is 9.90 Å². The summed E-state index contributed by atoms with van der Waals surface area (Å²) in [5.74, 6) is 0.270. The molecule has 1 amide bonds. The minimum absolute atomic E-state index is 0.0275. The Bertz CT molecular complexity index is 526. The minimum atomic E-state index is -0.250. The molecule has 0 bridgehead atoms. The number of carbonyl (C=O) groups excluding carboxylic acids is 1. The number of aliphatic hydroxyl groups excluding tert-OH is 1. The number of aromatic nitrogens is 2. The van der Waals surface area contributed by atoms with Crippen LogP contribution in [0.4, 0.5) is 0 Å². The van der Waals surface area contributed by atoms with Gasteiger partial charge in [0.25, 0.3) is 5.91 Å². The molecule has 122 valence electrons. The van der Waals surface area contributed by atoms with Gasteiger partial charge in [0.1, 0.15) is 5.69 Å². The number of rotatable bonds is 3. The normalized spacial score (nSPS) is 29.3. The number of hydrogen-bond acceptors (Lipinski definition) is 3. The third-order valence-corrected chi connectivity index (χ3v) is 5.19. The molecule has 2 fully saturated rings. The largest absolute Gasteiger partial charge is 0.393 e. The van der Waals surface area contributed by atoms with Gasteiger partial charge in [-0.15, -0.1) is 0 Å². The summed E-state index contributed by atoms with van der Waals surface area (Å²) in [5.41, 5.74) is 0.533. The van der Waals surface area contributed by atoms with Crippen molar-refractivity contribution < 1.29 is 9.90 Å². The Morgan fingerprint density at radius 1 is 1.27 bits per heavy atom. The summed E-state index contributed by atoms with van der Waals surface area (Å²) in [7, 11) is 0. The smallest absolute Gasteiger partial charge is 0.274 e. The highest BCUT2D eigenvalue weighted by atomic mass is 16.3. The second-order valence-electron chi connectivity index (χ2n) is 7.00. The van der Waals surface area contributed by atoms with Crippen LogP contribution in [0.25, 0.3) is 0 Å². The van der Waals surface area contributed by atoms with Crippen molar-refractivity contribution in [2.75, 3.05) is 6.54 Å². The van der Waals surface area contributed by atoms with E-state index in [-0.39, 0.29) is 30.0 Å². The molecule has 0 radical (unpaired) electrons. The van der Waals surface area contributed by atoms with Crippen LogP contribution in [0.1, 0.15) is 68.9 Å². The van der Waals surface area contributed by atoms with Crippen LogP contribution in [-0.2, 0) is 0 Å². The molecular weight excluding hydrogens is 278 g/mol. The van der Waals surface area contributed by atoms with Crippen LogP contribution in [0.15, 0.2) is 12.3 Å². The Morgan fingerprint density at radius 2 is 2.05 bits per heavy atom. The number of carbonyl (C=O) groups is 1. The summed E-state index contributed by atoms with van der Waals surface area (Å²) in [6.45, 7) is 4.90. The molecule has 5 heteroatoms. The molecule has 3 unspecified atom stereocenters. The van der Waals surface area contributed by atoms with Crippen LogP contribution < -0.4 is 0 Å². The molecule has 1 aromatic rings. The van der Waals surface area contributed by atoms with Gasteiger partial charge in [0.15, 0.2) is 0 Å². The summed E-state index contributed by atoms with van der Waals surface area (Å²) in [6.07, 6.45) is 7.86. The molecule has 0 aromatic carbocycles. The van der Waals surface area contributed by atoms with E-state index in [4.69, 9.17) is 0 Å². The van der Waals surface area contributed by atoms with E-state index in [1.165, 1.54) is 6.42 Å². The molecule has 2 aliphatic rings. The third-order valence-electron chi connectivity index (χ3n) is 5.19. The summed E-state index contributed by atoms with van der Waals surface area (Å²) in [6, 6.07) is 2.26. The summed E-state index contributed by atoms with van der Waals surface area (Å²) < 4.78 is 1.83. The van der Waals surface area contributed by atoms with E-state index in [2.05, 4.69) is 18.9 Å². The number of amides is 1. The van der Waals surface area contributed by atoms with Crippen LogP contribution in [0, 0.1) is 5.92 Å². The molecule has 1 saturated carbocycles. The van der Waals surface area contributed by atoms with Gasteiger partial charge in [0.2, 0.25) is 0 Å². The maximum absolute atomic E-state index is 12.8. The first kappa shape index (κ1) is 15.5. The van der Waals surface area contributed by atoms with E-state index < -0.39 is 0 Å². The average Bonchev–Trinajstić information content (AvgIpc) is 3.16. The second kappa shape index (κ2) is 6.41. The Hall–Kier alpha value is -1.36. The number of hydrogen-bond donors (Lipinski definition) is 1. The van der Waals surface area contributed by atoms with E-state index in [1.807, 2.05) is 21.8 Å². The Balaban J connectivity index is 1.75. The first-order valence-corrected chi connectivity index (χ1v) is 8.62. The topological polar surface area (TPSA) is 58.4 Å². The Kier molecular flexibility index (Phi) is 4.52. The maximum Gasteiger partial charge on any atom is 0.274 e. The molecule has 2 heterocycles. The molecule has 22 heavy (non-hydrogen) atoms. The van der Waals surface area contributed by atoms with Gasteiger partial charge in [-0.05, 0) is 45.6 Å². The quantitative estimate of drug-likeness (QED) is 0.934. The Labute approximate surface area is 132 Å². The highest BCUT2D eigenvalue weighted by Crippen LogP contribution is 2.35. The molecule has 0 spiro atoms. The molecule has 1 saturated heterocycles. The van der Waals surface area contributed by atoms with Crippen LogP contribution in [-0.4, -0.2) is 44.4 Å². The number of likely N-dealkylation sites (tertiary alicyclic amines) is 1. The van der Waals surface area contributed by atoms with Crippen molar-refractivity contribution in [1.82, 2.24) is 14.7 Å². The van der Waals surface area contributed by atoms with Crippen molar-refractivity contribution >= 4 is 5.91 Å². The van der Waals surface area contributed by atoms with Gasteiger partial charge in [-0.3, -0.25) is 9.48 Å².